The van der Waals surface area contributed by atoms with Crippen LogP contribution in [0.15, 0.2) is 60.7 Å². The molecule has 0 radical (unpaired) electrons. The molecule has 1 heterocycles. The molecule has 0 bridgehead atoms. The predicted octanol–water partition coefficient (Wildman–Crippen LogP) is 3.43. The maximum Gasteiger partial charge on any atom is 0.251 e. The number of piperidine rings is 1. The molecule has 1 saturated heterocycles. The van der Waals surface area contributed by atoms with Crippen LogP contribution in [-0.4, -0.2) is 35.8 Å². The fourth-order valence-corrected chi connectivity index (χ4v) is 3.05. The van der Waals surface area contributed by atoms with Gasteiger partial charge in [-0.15, -0.1) is 0 Å². The molecule has 2 aromatic carbocycles. The van der Waals surface area contributed by atoms with Gasteiger partial charge in [0.15, 0.2) is 0 Å². The number of carbonyl (C=O) groups is 2. The minimum Gasteiger partial charge on any atom is -0.349 e. The summed E-state index contributed by atoms with van der Waals surface area (Å²) in [4.78, 5) is 26.4. The second-order valence-corrected chi connectivity index (χ2v) is 6.68. The van der Waals surface area contributed by atoms with E-state index in [0.29, 0.717) is 18.7 Å². The fourth-order valence-electron chi connectivity index (χ4n) is 3.05. The smallest absolute Gasteiger partial charge is 0.251 e. The van der Waals surface area contributed by atoms with Crippen molar-refractivity contribution >= 4 is 17.9 Å². The van der Waals surface area contributed by atoms with Gasteiger partial charge >= 0.3 is 0 Å². The Labute approximate surface area is 154 Å². The molecule has 0 spiro atoms. The van der Waals surface area contributed by atoms with Crippen molar-refractivity contribution in [3.8, 4) is 0 Å². The second kappa shape index (κ2) is 8.48. The zero-order chi connectivity index (χ0) is 18.4. The molecule has 0 aromatic heterocycles. The number of nitrogens with zero attached hydrogens (tertiary/aromatic N) is 1. The van der Waals surface area contributed by atoms with E-state index in [0.717, 1.165) is 18.4 Å². The third-order valence-corrected chi connectivity index (χ3v) is 4.67. The van der Waals surface area contributed by atoms with Crippen LogP contribution in [0.5, 0.6) is 0 Å². The fraction of sp³-hybridized carbons (Fsp3) is 0.273. The van der Waals surface area contributed by atoms with Crippen LogP contribution in [0.2, 0.25) is 0 Å². The third-order valence-electron chi connectivity index (χ3n) is 4.67. The molecule has 0 unspecified atom stereocenters. The van der Waals surface area contributed by atoms with Gasteiger partial charge < -0.3 is 10.2 Å². The van der Waals surface area contributed by atoms with Crippen LogP contribution in [0, 0.1) is 6.92 Å². The summed E-state index contributed by atoms with van der Waals surface area (Å²) in [5.74, 6) is -0.0203. The predicted molar refractivity (Wildman–Crippen MR) is 104 cm³/mol. The highest BCUT2D eigenvalue weighted by Crippen LogP contribution is 2.13. The van der Waals surface area contributed by atoms with E-state index in [1.165, 1.54) is 5.56 Å². The summed E-state index contributed by atoms with van der Waals surface area (Å²) in [6.45, 7) is 3.37. The molecular formula is C22H24N2O2. The first kappa shape index (κ1) is 17.9. The Morgan fingerprint density at radius 3 is 2.31 bits per heavy atom. The minimum absolute atomic E-state index is 0.0263. The summed E-state index contributed by atoms with van der Waals surface area (Å²) < 4.78 is 0. The van der Waals surface area contributed by atoms with Crippen molar-refractivity contribution in [2.45, 2.75) is 25.8 Å². The Morgan fingerprint density at radius 1 is 1.00 bits per heavy atom. The normalized spacial score (nSPS) is 15.2. The van der Waals surface area contributed by atoms with E-state index in [4.69, 9.17) is 0 Å². The lowest BCUT2D eigenvalue weighted by atomic mass is 10.0. The molecule has 0 aliphatic carbocycles. The Hall–Kier alpha value is -2.88. The van der Waals surface area contributed by atoms with Crippen LogP contribution in [0.25, 0.3) is 6.08 Å². The lowest BCUT2D eigenvalue weighted by Crippen LogP contribution is -2.46. The van der Waals surface area contributed by atoms with Crippen molar-refractivity contribution in [2.24, 2.45) is 0 Å². The van der Waals surface area contributed by atoms with E-state index in [1.807, 2.05) is 72.5 Å². The highest BCUT2D eigenvalue weighted by atomic mass is 16.2. The summed E-state index contributed by atoms with van der Waals surface area (Å²) in [6.07, 6.45) is 5.05. The summed E-state index contributed by atoms with van der Waals surface area (Å²) in [5, 5.41) is 3.06. The maximum absolute atomic E-state index is 12.3. The van der Waals surface area contributed by atoms with Gasteiger partial charge in [0.2, 0.25) is 5.91 Å². The SMILES string of the molecule is Cc1ccc(/C=C/C(=O)N2CCC(NC(=O)c3ccccc3)CC2)cc1. The van der Waals surface area contributed by atoms with E-state index >= 15 is 0 Å². The molecule has 134 valence electrons. The highest BCUT2D eigenvalue weighted by Gasteiger charge is 2.23. The number of amides is 2. The molecule has 1 aliphatic heterocycles. The summed E-state index contributed by atoms with van der Waals surface area (Å²) >= 11 is 0. The van der Waals surface area contributed by atoms with Crippen LogP contribution in [-0.2, 0) is 4.79 Å². The van der Waals surface area contributed by atoms with Crippen molar-refractivity contribution < 1.29 is 9.59 Å². The van der Waals surface area contributed by atoms with Gasteiger partial charge in [-0.25, -0.2) is 0 Å². The molecule has 4 heteroatoms. The first-order valence-corrected chi connectivity index (χ1v) is 9.01. The van der Waals surface area contributed by atoms with Crippen LogP contribution >= 0.6 is 0 Å². The molecule has 1 N–H and O–H groups in total. The van der Waals surface area contributed by atoms with E-state index in [9.17, 15) is 9.59 Å². The van der Waals surface area contributed by atoms with Crippen molar-refractivity contribution in [3.63, 3.8) is 0 Å². The van der Waals surface area contributed by atoms with Crippen LogP contribution in [0.4, 0.5) is 0 Å². The molecular weight excluding hydrogens is 324 g/mol. The number of likely N-dealkylation sites (tertiary alicyclic amines) is 1. The van der Waals surface area contributed by atoms with Gasteiger partial charge in [-0.2, -0.15) is 0 Å². The maximum atomic E-state index is 12.3. The number of carbonyl (C=O) groups excluding carboxylic acids is 2. The summed E-state index contributed by atoms with van der Waals surface area (Å²) in [6, 6.07) is 17.4. The van der Waals surface area contributed by atoms with Gasteiger partial charge in [0.05, 0.1) is 0 Å². The zero-order valence-corrected chi connectivity index (χ0v) is 15.0. The largest absolute Gasteiger partial charge is 0.349 e. The van der Waals surface area contributed by atoms with E-state index < -0.39 is 0 Å². The lowest BCUT2D eigenvalue weighted by Gasteiger charge is -2.31. The average Bonchev–Trinajstić information content (AvgIpc) is 2.68. The number of aryl methyl sites for hydroxylation is 1. The minimum atomic E-state index is -0.0466. The summed E-state index contributed by atoms with van der Waals surface area (Å²) in [7, 11) is 0. The molecule has 0 saturated carbocycles. The van der Waals surface area contributed by atoms with Gasteiger partial charge in [0.25, 0.3) is 5.91 Å². The molecule has 0 atom stereocenters. The monoisotopic (exact) mass is 348 g/mol. The first-order chi connectivity index (χ1) is 12.6. The van der Waals surface area contributed by atoms with Gasteiger partial charge in [0.1, 0.15) is 0 Å². The van der Waals surface area contributed by atoms with Gasteiger partial charge in [-0.1, -0.05) is 48.0 Å². The quantitative estimate of drug-likeness (QED) is 0.861. The number of nitrogens with one attached hydrogen (secondary N) is 1. The first-order valence-electron chi connectivity index (χ1n) is 9.01. The van der Waals surface area contributed by atoms with Crippen molar-refractivity contribution in [2.75, 3.05) is 13.1 Å². The van der Waals surface area contributed by atoms with Crippen molar-refractivity contribution in [1.82, 2.24) is 10.2 Å². The highest BCUT2D eigenvalue weighted by molar-refractivity contribution is 5.94. The molecule has 26 heavy (non-hydrogen) atoms. The van der Waals surface area contributed by atoms with Crippen LogP contribution < -0.4 is 5.32 Å². The molecule has 1 fully saturated rings. The topological polar surface area (TPSA) is 49.4 Å². The molecule has 4 nitrogen and oxygen atoms in total. The Kier molecular flexibility index (Phi) is 5.84. The molecule has 1 aliphatic rings. The van der Waals surface area contributed by atoms with Gasteiger partial charge in [-0.05, 0) is 43.5 Å². The molecule has 2 aromatic rings. The number of hydrogen-bond acceptors (Lipinski definition) is 2. The number of benzene rings is 2. The third kappa shape index (κ3) is 4.82. The number of rotatable bonds is 4. The van der Waals surface area contributed by atoms with Crippen molar-refractivity contribution in [3.05, 3.63) is 77.4 Å². The lowest BCUT2D eigenvalue weighted by molar-refractivity contribution is -0.126. The Bertz CT molecular complexity index is 774. The van der Waals surface area contributed by atoms with Crippen LogP contribution in [0.3, 0.4) is 0 Å². The van der Waals surface area contributed by atoms with Crippen LogP contribution in [0.1, 0.15) is 34.3 Å². The molecule has 3 rings (SSSR count). The van der Waals surface area contributed by atoms with E-state index in [1.54, 1.807) is 6.08 Å². The zero-order valence-electron chi connectivity index (χ0n) is 15.0. The van der Waals surface area contributed by atoms with Crippen molar-refractivity contribution in [1.29, 1.82) is 0 Å². The second-order valence-electron chi connectivity index (χ2n) is 6.68. The Morgan fingerprint density at radius 2 is 1.65 bits per heavy atom. The van der Waals surface area contributed by atoms with E-state index in [2.05, 4.69) is 5.32 Å². The van der Waals surface area contributed by atoms with E-state index in [-0.39, 0.29) is 17.9 Å². The number of hydrogen-bond donors (Lipinski definition) is 1. The summed E-state index contributed by atoms with van der Waals surface area (Å²) in [5.41, 5.74) is 2.90. The average molecular weight is 348 g/mol. The van der Waals surface area contributed by atoms with Gasteiger partial charge in [0, 0.05) is 30.8 Å². The molecule has 2 amide bonds. The standard InChI is InChI=1S/C22H24N2O2/c1-17-7-9-18(10-8-17)11-12-21(25)24-15-13-20(14-16-24)23-22(26)19-5-3-2-4-6-19/h2-12,20H,13-16H2,1H3,(H,23,26)/b12-11+. The van der Waals surface area contributed by atoms with Gasteiger partial charge in [-0.3, -0.25) is 9.59 Å². The Balaban J connectivity index is 1.48.